The number of aliphatic hydroxyl groups is 2. The fourth-order valence-electron chi connectivity index (χ4n) is 1.43. The van der Waals surface area contributed by atoms with Gasteiger partial charge in [0.1, 0.15) is 0 Å². The molecule has 0 radical (unpaired) electrons. The first-order chi connectivity index (χ1) is 10.2. The molecule has 23 heavy (non-hydrogen) atoms. The SMILES string of the molecule is CC(C)(O)C(C)(C)OBc1ccc(BOC(C)(C)C(C)(C)O)o1. The van der Waals surface area contributed by atoms with E-state index in [-0.39, 0.29) is 15.0 Å². The van der Waals surface area contributed by atoms with E-state index in [1.165, 1.54) is 0 Å². The summed E-state index contributed by atoms with van der Waals surface area (Å²) in [7, 11) is 0.539. The maximum absolute atomic E-state index is 10.1. The molecule has 0 aromatic carbocycles. The van der Waals surface area contributed by atoms with Crippen LogP contribution in [0.4, 0.5) is 0 Å². The van der Waals surface area contributed by atoms with Gasteiger partial charge in [-0.15, -0.1) is 0 Å². The fourth-order valence-corrected chi connectivity index (χ4v) is 1.43. The molecule has 0 saturated carbocycles. The third-order valence-corrected chi connectivity index (χ3v) is 4.81. The maximum Gasteiger partial charge on any atom is 0.350 e. The fraction of sp³-hybridized carbons (Fsp3) is 0.750. The van der Waals surface area contributed by atoms with Crippen LogP contribution >= 0.6 is 0 Å². The molecule has 0 atom stereocenters. The summed E-state index contributed by atoms with van der Waals surface area (Å²) < 4.78 is 17.2. The minimum Gasteiger partial charge on any atom is -0.481 e. The predicted molar refractivity (Wildman–Crippen MR) is 95.2 cm³/mol. The minimum absolute atomic E-state index is 0.270. The van der Waals surface area contributed by atoms with Gasteiger partial charge in [-0.1, -0.05) is 0 Å². The highest BCUT2D eigenvalue weighted by Crippen LogP contribution is 2.25. The van der Waals surface area contributed by atoms with Gasteiger partial charge in [-0.25, -0.2) is 0 Å². The van der Waals surface area contributed by atoms with Gasteiger partial charge in [-0.3, -0.25) is 0 Å². The van der Waals surface area contributed by atoms with Crippen LogP contribution in [0.3, 0.4) is 0 Å². The van der Waals surface area contributed by atoms with Crippen molar-refractivity contribution in [3.05, 3.63) is 12.1 Å². The van der Waals surface area contributed by atoms with Crippen molar-refractivity contribution < 1.29 is 23.9 Å². The van der Waals surface area contributed by atoms with E-state index in [0.29, 0.717) is 11.3 Å². The summed E-state index contributed by atoms with van der Waals surface area (Å²) in [4.78, 5) is 0. The van der Waals surface area contributed by atoms with Crippen LogP contribution < -0.4 is 11.3 Å². The molecule has 130 valence electrons. The van der Waals surface area contributed by atoms with Gasteiger partial charge in [0.2, 0.25) is 0 Å². The summed E-state index contributed by atoms with van der Waals surface area (Å²) in [5.41, 5.74) is -1.97. The van der Waals surface area contributed by atoms with E-state index in [9.17, 15) is 10.2 Å². The van der Waals surface area contributed by atoms with Crippen molar-refractivity contribution >= 4 is 26.3 Å². The Bertz CT molecular complexity index is 465. The highest BCUT2D eigenvalue weighted by atomic mass is 16.5. The summed E-state index contributed by atoms with van der Waals surface area (Å²) in [5.74, 6) is 0. The quantitative estimate of drug-likeness (QED) is 0.676. The molecule has 0 spiro atoms. The van der Waals surface area contributed by atoms with Crippen LogP contribution in [0.1, 0.15) is 55.4 Å². The standard InChI is InChI=1S/C16H30B2O5/c1-13(2,19)15(5,6)22-17-11-9-10-12(21-11)18-23-16(7,8)14(3,4)20/h9-10,17-20H,1-8H3. The Balaban J connectivity index is 2.60. The van der Waals surface area contributed by atoms with Gasteiger partial charge in [-0.2, -0.15) is 0 Å². The first kappa shape index (κ1) is 20.3. The third kappa shape index (κ3) is 5.38. The van der Waals surface area contributed by atoms with Gasteiger partial charge in [0.05, 0.1) is 33.7 Å². The summed E-state index contributed by atoms with van der Waals surface area (Å²) >= 11 is 0. The molecule has 0 amide bonds. The number of hydrogen-bond acceptors (Lipinski definition) is 5. The molecule has 0 unspecified atom stereocenters. The van der Waals surface area contributed by atoms with Crippen LogP contribution in [0.15, 0.2) is 16.5 Å². The highest BCUT2D eigenvalue weighted by molar-refractivity contribution is 6.48. The first-order valence-electron chi connectivity index (χ1n) is 7.96. The second kappa shape index (κ2) is 6.63. The Morgan fingerprint density at radius 3 is 1.30 bits per heavy atom. The van der Waals surface area contributed by atoms with E-state index in [4.69, 9.17) is 13.7 Å². The molecular formula is C16H30B2O5. The molecule has 1 rings (SSSR count). The van der Waals surface area contributed by atoms with E-state index < -0.39 is 22.4 Å². The van der Waals surface area contributed by atoms with Crippen molar-refractivity contribution in [3.8, 4) is 0 Å². The van der Waals surface area contributed by atoms with Crippen molar-refractivity contribution in [1.82, 2.24) is 0 Å². The van der Waals surface area contributed by atoms with Crippen molar-refractivity contribution in [1.29, 1.82) is 0 Å². The lowest BCUT2D eigenvalue weighted by Gasteiger charge is -2.37. The largest absolute Gasteiger partial charge is 0.481 e. The number of rotatable bonds is 8. The molecule has 0 aliphatic carbocycles. The third-order valence-electron chi connectivity index (χ3n) is 4.81. The topological polar surface area (TPSA) is 72.1 Å². The molecule has 2 N–H and O–H groups in total. The van der Waals surface area contributed by atoms with E-state index in [0.717, 1.165) is 0 Å². The second-order valence-corrected chi connectivity index (χ2v) is 8.08. The Labute approximate surface area is 140 Å². The minimum atomic E-state index is -0.956. The molecule has 0 saturated heterocycles. The monoisotopic (exact) mass is 324 g/mol. The average molecular weight is 324 g/mol. The lowest BCUT2D eigenvalue weighted by atomic mass is 9.85. The van der Waals surface area contributed by atoms with Gasteiger partial charge >= 0.3 is 15.0 Å². The van der Waals surface area contributed by atoms with E-state index in [2.05, 4.69) is 0 Å². The average Bonchev–Trinajstić information content (AvgIpc) is 2.79. The number of furan rings is 1. The molecule has 0 aliphatic rings. The van der Waals surface area contributed by atoms with Crippen molar-refractivity contribution in [2.24, 2.45) is 0 Å². The van der Waals surface area contributed by atoms with Gasteiger partial charge in [0, 0.05) is 0 Å². The van der Waals surface area contributed by atoms with Crippen LogP contribution in [0.2, 0.25) is 0 Å². The maximum atomic E-state index is 10.1. The van der Waals surface area contributed by atoms with Crippen molar-refractivity contribution in [2.45, 2.75) is 77.8 Å². The Morgan fingerprint density at radius 2 is 1.04 bits per heavy atom. The smallest absolute Gasteiger partial charge is 0.350 e. The summed E-state index contributed by atoms with van der Waals surface area (Å²) in [6.45, 7) is 14.2. The zero-order valence-corrected chi connectivity index (χ0v) is 15.7. The van der Waals surface area contributed by atoms with E-state index >= 15 is 0 Å². The molecule has 0 fully saturated rings. The lowest BCUT2D eigenvalue weighted by molar-refractivity contribution is -0.0898. The molecule has 7 heteroatoms. The van der Waals surface area contributed by atoms with Crippen LogP contribution in [0.25, 0.3) is 0 Å². The Hall–Kier alpha value is -0.750. The Morgan fingerprint density at radius 1 is 0.739 bits per heavy atom. The van der Waals surface area contributed by atoms with Crippen LogP contribution in [-0.2, 0) is 9.31 Å². The molecular weight excluding hydrogens is 294 g/mol. The van der Waals surface area contributed by atoms with Gasteiger partial charge in [-0.05, 0) is 67.5 Å². The zero-order chi connectivity index (χ0) is 18.1. The molecule has 5 nitrogen and oxygen atoms in total. The number of hydrogen-bond donors (Lipinski definition) is 2. The summed E-state index contributed by atoms with van der Waals surface area (Å²) in [6, 6.07) is 3.66. The van der Waals surface area contributed by atoms with Gasteiger partial charge < -0.3 is 23.9 Å². The lowest BCUT2D eigenvalue weighted by Crippen LogP contribution is -2.49. The highest BCUT2D eigenvalue weighted by Gasteiger charge is 2.37. The first-order valence-corrected chi connectivity index (χ1v) is 7.96. The van der Waals surface area contributed by atoms with Crippen LogP contribution in [0.5, 0.6) is 0 Å². The predicted octanol–water partition coefficient (Wildman–Crippen LogP) is 0.365. The molecule has 1 aromatic heterocycles. The molecule has 1 aromatic rings. The van der Waals surface area contributed by atoms with Crippen LogP contribution in [0, 0.1) is 0 Å². The molecule has 1 heterocycles. The van der Waals surface area contributed by atoms with Gasteiger partial charge in [0.25, 0.3) is 0 Å². The summed E-state index contributed by atoms with van der Waals surface area (Å²) in [5, 5.41) is 20.2. The molecule has 0 bridgehead atoms. The van der Waals surface area contributed by atoms with E-state index in [1.807, 2.05) is 39.8 Å². The Kier molecular flexibility index (Phi) is 5.85. The van der Waals surface area contributed by atoms with Crippen molar-refractivity contribution in [3.63, 3.8) is 0 Å². The normalized spacial score (nSPS) is 14.0. The van der Waals surface area contributed by atoms with Crippen LogP contribution in [-0.4, -0.2) is 47.6 Å². The second-order valence-electron chi connectivity index (χ2n) is 8.08. The summed E-state index contributed by atoms with van der Waals surface area (Å²) in [6.07, 6.45) is 0. The van der Waals surface area contributed by atoms with E-state index in [1.54, 1.807) is 27.7 Å². The zero-order valence-electron chi connectivity index (χ0n) is 15.7. The van der Waals surface area contributed by atoms with Gasteiger partial charge in [0.15, 0.2) is 0 Å². The van der Waals surface area contributed by atoms with Crippen molar-refractivity contribution in [2.75, 3.05) is 0 Å². The molecule has 0 aliphatic heterocycles.